The van der Waals surface area contributed by atoms with Crippen molar-refractivity contribution < 1.29 is 18.3 Å². The van der Waals surface area contributed by atoms with E-state index in [1.807, 2.05) is 24.4 Å². The topological polar surface area (TPSA) is 84.3 Å². The molecule has 3 aliphatic heterocycles. The molecule has 37 heavy (non-hydrogen) atoms. The van der Waals surface area contributed by atoms with Gasteiger partial charge in [-0.2, -0.15) is 8.78 Å². The third kappa shape index (κ3) is 3.62. The van der Waals surface area contributed by atoms with E-state index in [-0.39, 0.29) is 23.7 Å². The Labute approximate surface area is 211 Å². The van der Waals surface area contributed by atoms with Crippen LogP contribution >= 0.6 is 0 Å². The molecule has 188 valence electrons. The summed E-state index contributed by atoms with van der Waals surface area (Å²) in [6.45, 7) is 0.762. The van der Waals surface area contributed by atoms with Crippen molar-refractivity contribution in [1.29, 1.82) is 0 Å². The Balaban J connectivity index is 1.31. The number of hydrogen-bond donors (Lipinski definition) is 2. The summed E-state index contributed by atoms with van der Waals surface area (Å²) in [4.78, 5) is 24.7. The molecule has 2 atom stereocenters. The number of halogens is 2. The number of nitrogens with zero attached hydrogens (tertiary/aromatic N) is 4. The number of carbonyl (C=O) groups is 1. The predicted octanol–water partition coefficient (Wildman–Crippen LogP) is 3.89. The highest BCUT2D eigenvalue weighted by molar-refractivity contribution is 5.98. The van der Waals surface area contributed by atoms with Crippen LogP contribution in [0, 0.1) is 0 Å². The molecule has 2 N–H and O–H groups in total. The van der Waals surface area contributed by atoms with Crippen molar-refractivity contribution in [3.8, 4) is 16.9 Å². The first-order valence-corrected chi connectivity index (χ1v) is 12.4. The summed E-state index contributed by atoms with van der Waals surface area (Å²) in [7, 11) is 0. The zero-order chi connectivity index (χ0) is 25.1. The molecule has 2 aromatic carbocycles. The average molecular weight is 503 g/mol. The molecule has 0 spiro atoms. The van der Waals surface area contributed by atoms with E-state index < -0.39 is 6.61 Å². The van der Waals surface area contributed by atoms with Crippen LogP contribution in [0.3, 0.4) is 0 Å². The maximum absolute atomic E-state index is 13.3. The molecule has 0 saturated carbocycles. The SMILES string of the molecule is O=C1NC2CC(c3c(OC(F)F)cccc31)n1c2nc2ccc(-c3ccc(N4CCNCC4)nc3)cc21. The molecular formula is C27H24F2N6O2. The second kappa shape index (κ2) is 8.52. The smallest absolute Gasteiger partial charge is 0.387 e. The van der Waals surface area contributed by atoms with Gasteiger partial charge in [0.25, 0.3) is 5.91 Å². The second-order valence-corrected chi connectivity index (χ2v) is 9.56. The van der Waals surface area contributed by atoms with E-state index in [0.29, 0.717) is 17.5 Å². The summed E-state index contributed by atoms with van der Waals surface area (Å²) in [6.07, 6.45) is 2.40. The molecule has 8 nitrogen and oxygen atoms in total. The molecular weight excluding hydrogens is 478 g/mol. The molecule has 10 heteroatoms. The van der Waals surface area contributed by atoms with Crippen molar-refractivity contribution in [3.05, 3.63) is 71.7 Å². The van der Waals surface area contributed by atoms with Crippen molar-refractivity contribution in [2.75, 3.05) is 31.1 Å². The number of anilines is 1. The average Bonchev–Trinajstić information content (AvgIpc) is 3.41. The van der Waals surface area contributed by atoms with Crippen LogP contribution in [0.4, 0.5) is 14.6 Å². The van der Waals surface area contributed by atoms with Crippen LogP contribution in [-0.4, -0.2) is 53.2 Å². The standard InChI is InChI=1S/C27H24F2N6O2/c28-27(29)37-22-3-1-2-17-24(22)21-13-19(33-26(17)36)25-32-18-6-4-15(12-20(18)35(21)25)16-5-7-23(31-14-16)34-10-8-30-9-11-34/h1-7,12,14,19,21,27,30H,8-11,13H2,(H,33,36). The van der Waals surface area contributed by atoms with Crippen LogP contribution in [0.1, 0.15) is 40.3 Å². The van der Waals surface area contributed by atoms with Gasteiger partial charge in [-0.15, -0.1) is 0 Å². The molecule has 1 saturated heterocycles. The highest BCUT2D eigenvalue weighted by atomic mass is 19.3. The number of rotatable bonds is 4. The molecule has 5 heterocycles. The Morgan fingerprint density at radius 2 is 1.89 bits per heavy atom. The third-order valence-corrected chi connectivity index (χ3v) is 7.49. The lowest BCUT2D eigenvalue weighted by molar-refractivity contribution is -0.0507. The lowest BCUT2D eigenvalue weighted by Crippen LogP contribution is -2.43. The Morgan fingerprint density at radius 3 is 2.68 bits per heavy atom. The Bertz CT molecular complexity index is 1510. The van der Waals surface area contributed by atoms with Gasteiger partial charge in [0, 0.05) is 49.1 Å². The Kier molecular flexibility index (Phi) is 5.10. The van der Waals surface area contributed by atoms with Gasteiger partial charge in [0.1, 0.15) is 17.4 Å². The van der Waals surface area contributed by atoms with E-state index in [9.17, 15) is 13.6 Å². The molecule has 1 fully saturated rings. The maximum Gasteiger partial charge on any atom is 0.387 e. The number of nitrogens with one attached hydrogen (secondary N) is 2. The van der Waals surface area contributed by atoms with Gasteiger partial charge < -0.3 is 24.8 Å². The summed E-state index contributed by atoms with van der Waals surface area (Å²) in [5, 5.41) is 6.38. The highest BCUT2D eigenvalue weighted by Crippen LogP contribution is 2.47. The van der Waals surface area contributed by atoms with E-state index in [2.05, 4.69) is 32.2 Å². The largest absolute Gasteiger partial charge is 0.434 e. The minimum atomic E-state index is -2.99. The number of benzene rings is 2. The van der Waals surface area contributed by atoms with Gasteiger partial charge in [0.05, 0.1) is 23.1 Å². The van der Waals surface area contributed by atoms with E-state index in [1.54, 1.807) is 12.1 Å². The van der Waals surface area contributed by atoms with Crippen LogP contribution in [0.2, 0.25) is 0 Å². The minimum absolute atomic E-state index is 0.0202. The monoisotopic (exact) mass is 502 g/mol. The summed E-state index contributed by atoms with van der Waals surface area (Å²) < 4.78 is 33.4. The normalized spacial score (nSPS) is 20.5. The number of fused-ring (bicyclic) bond motifs is 9. The number of ether oxygens (including phenoxy) is 1. The van der Waals surface area contributed by atoms with Crippen LogP contribution in [0.25, 0.3) is 22.2 Å². The van der Waals surface area contributed by atoms with E-state index in [1.165, 1.54) is 6.07 Å². The Hall–Kier alpha value is -4.05. The molecule has 2 aromatic heterocycles. The number of pyridine rings is 1. The van der Waals surface area contributed by atoms with E-state index in [0.717, 1.165) is 60.0 Å². The minimum Gasteiger partial charge on any atom is -0.434 e. The quantitative estimate of drug-likeness (QED) is 0.441. The molecule has 3 aliphatic rings. The first kappa shape index (κ1) is 22.2. The van der Waals surface area contributed by atoms with Gasteiger partial charge in [0.2, 0.25) is 0 Å². The number of alkyl halides is 2. The van der Waals surface area contributed by atoms with E-state index >= 15 is 0 Å². The third-order valence-electron chi connectivity index (χ3n) is 7.49. The molecule has 7 rings (SSSR count). The number of aromatic nitrogens is 3. The fourth-order valence-corrected chi connectivity index (χ4v) is 5.83. The number of amides is 1. The van der Waals surface area contributed by atoms with Crippen molar-refractivity contribution >= 4 is 22.8 Å². The first-order chi connectivity index (χ1) is 18.1. The van der Waals surface area contributed by atoms with Crippen molar-refractivity contribution in [2.24, 2.45) is 0 Å². The van der Waals surface area contributed by atoms with E-state index in [4.69, 9.17) is 14.7 Å². The molecule has 0 radical (unpaired) electrons. The second-order valence-electron chi connectivity index (χ2n) is 9.56. The van der Waals surface area contributed by atoms with Crippen LogP contribution < -0.4 is 20.3 Å². The number of imidazole rings is 1. The van der Waals surface area contributed by atoms with Gasteiger partial charge in [0.15, 0.2) is 0 Å². The van der Waals surface area contributed by atoms with Gasteiger partial charge in [-0.05, 0) is 48.4 Å². The zero-order valence-corrected chi connectivity index (χ0v) is 19.8. The Morgan fingerprint density at radius 1 is 1.05 bits per heavy atom. The summed E-state index contributed by atoms with van der Waals surface area (Å²) in [6, 6.07) is 14.2. The van der Waals surface area contributed by atoms with Crippen molar-refractivity contribution in [2.45, 2.75) is 25.1 Å². The maximum atomic E-state index is 13.3. The van der Waals surface area contributed by atoms with Crippen molar-refractivity contribution in [1.82, 2.24) is 25.2 Å². The molecule has 2 unspecified atom stereocenters. The van der Waals surface area contributed by atoms with Gasteiger partial charge in [-0.1, -0.05) is 12.1 Å². The highest BCUT2D eigenvalue weighted by Gasteiger charge is 2.42. The molecule has 1 amide bonds. The van der Waals surface area contributed by atoms with Gasteiger partial charge in [-0.25, -0.2) is 9.97 Å². The lowest BCUT2D eigenvalue weighted by atomic mass is 9.97. The molecule has 0 aliphatic carbocycles. The number of carbonyl (C=O) groups excluding carboxylic acids is 1. The number of piperazine rings is 1. The lowest BCUT2D eigenvalue weighted by Gasteiger charge is -2.28. The molecule has 2 bridgehead atoms. The van der Waals surface area contributed by atoms with Gasteiger partial charge in [-0.3, -0.25) is 4.79 Å². The fraction of sp³-hybridized carbons (Fsp3) is 0.296. The van der Waals surface area contributed by atoms with Crippen LogP contribution in [0.15, 0.2) is 54.7 Å². The molecule has 4 aromatic rings. The van der Waals surface area contributed by atoms with Crippen LogP contribution in [0.5, 0.6) is 5.75 Å². The van der Waals surface area contributed by atoms with Crippen LogP contribution in [-0.2, 0) is 0 Å². The fourth-order valence-electron chi connectivity index (χ4n) is 5.83. The summed E-state index contributed by atoms with van der Waals surface area (Å²) >= 11 is 0. The van der Waals surface area contributed by atoms with Gasteiger partial charge >= 0.3 is 6.61 Å². The van der Waals surface area contributed by atoms with Crippen molar-refractivity contribution in [3.63, 3.8) is 0 Å². The first-order valence-electron chi connectivity index (χ1n) is 12.4. The summed E-state index contributed by atoms with van der Waals surface area (Å²) in [5.74, 6) is 1.39. The zero-order valence-electron chi connectivity index (χ0n) is 19.8. The predicted molar refractivity (Wildman–Crippen MR) is 134 cm³/mol. The summed E-state index contributed by atoms with van der Waals surface area (Å²) in [5.41, 5.74) is 4.43. The number of hydrogen-bond acceptors (Lipinski definition) is 6.